The van der Waals surface area contributed by atoms with E-state index in [-0.39, 0.29) is 5.91 Å². The van der Waals surface area contributed by atoms with Crippen LogP contribution in [0.2, 0.25) is 0 Å². The maximum absolute atomic E-state index is 11.7. The van der Waals surface area contributed by atoms with Crippen LogP contribution in [0, 0.1) is 5.92 Å². The minimum absolute atomic E-state index is 0.188. The van der Waals surface area contributed by atoms with Crippen LogP contribution in [0.25, 0.3) is 0 Å². The van der Waals surface area contributed by atoms with E-state index in [2.05, 4.69) is 27.0 Å². The molecule has 2 heterocycles. The van der Waals surface area contributed by atoms with Gasteiger partial charge in [-0.2, -0.15) is 4.37 Å². The van der Waals surface area contributed by atoms with Gasteiger partial charge in [-0.1, -0.05) is 0 Å². The Morgan fingerprint density at radius 3 is 3.06 bits per heavy atom. The Bertz CT molecular complexity index is 433. The van der Waals surface area contributed by atoms with Crippen LogP contribution in [0.15, 0.2) is 0 Å². The Kier molecular flexibility index (Phi) is 4.03. The summed E-state index contributed by atoms with van der Waals surface area (Å²) in [7, 11) is 3.72. The van der Waals surface area contributed by atoms with Crippen molar-refractivity contribution < 1.29 is 4.79 Å². The summed E-state index contributed by atoms with van der Waals surface area (Å²) in [4.78, 5) is 14.0. The molecule has 1 aromatic rings. The summed E-state index contributed by atoms with van der Waals surface area (Å²) in [5.41, 5.74) is 6.18. The third-order valence-electron chi connectivity index (χ3n) is 3.21. The number of amides is 1. The Morgan fingerprint density at radius 2 is 2.44 bits per heavy atom. The van der Waals surface area contributed by atoms with E-state index in [0.717, 1.165) is 24.6 Å². The number of likely N-dealkylation sites (tertiary alicyclic amines) is 1. The maximum Gasteiger partial charge on any atom is 0.257 e. The van der Waals surface area contributed by atoms with E-state index < -0.39 is 0 Å². The zero-order valence-electron chi connectivity index (χ0n) is 10.7. The van der Waals surface area contributed by atoms with Gasteiger partial charge in [0.1, 0.15) is 10.6 Å². The standard InChI is InChI=1S/C11H19N5OS/c1-13-10(17)8-9(12)15-18-11(8)14-5-7-3-4-16(2)6-7/h7,14H,3-6H2,1-2H3,(H2,12,15)(H,13,17). The molecule has 100 valence electrons. The number of nitrogens with zero attached hydrogens (tertiary/aromatic N) is 2. The lowest BCUT2D eigenvalue weighted by Crippen LogP contribution is -2.22. The third kappa shape index (κ3) is 2.73. The number of nitrogens with two attached hydrogens (primary N) is 1. The SMILES string of the molecule is CNC(=O)c1c(N)nsc1NCC1CCN(C)C1. The summed E-state index contributed by atoms with van der Waals surface area (Å²) in [6.45, 7) is 3.09. The molecule has 18 heavy (non-hydrogen) atoms. The van der Waals surface area contributed by atoms with Crippen LogP contribution in [0.3, 0.4) is 0 Å². The summed E-state index contributed by atoms with van der Waals surface area (Å²) in [6.07, 6.45) is 1.19. The van der Waals surface area contributed by atoms with Crippen molar-refractivity contribution in [1.29, 1.82) is 0 Å². The molecule has 0 aromatic carbocycles. The van der Waals surface area contributed by atoms with E-state index in [1.54, 1.807) is 7.05 Å². The first-order valence-electron chi connectivity index (χ1n) is 6.01. The van der Waals surface area contributed by atoms with Crippen LogP contribution in [0.4, 0.5) is 10.8 Å². The van der Waals surface area contributed by atoms with E-state index in [0.29, 0.717) is 17.3 Å². The average Bonchev–Trinajstić information content (AvgIpc) is 2.92. The normalized spacial score (nSPS) is 20.0. The summed E-state index contributed by atoms with van der Waals surface area (Å²) in [5, 5.41) is 6.65. The first-order valence-corrected chi connectivity index (χ1v) is 6.78. The molecular formula is C11H19N5OS. The van der Waals surface area contributed by atoms with Crippen LogP contribution < -0.4 is 16.4 Å². The predicted octanol–water partition coefficient (Wildman–Crippen LogP) is 0.448. The van der Waals surface area contributed by atoms with Crippen molar-refractivity contribution in [2.75, 3.05) is 44.8 Å². The largest absolute Gasteiger partial charge is 0.382 e. The number of hydrogen-bond acceptors (Lipinski definition) is 6. The molecule has 1 saturated heterocycles. The molecule has 0 saturated carbocycles. The molecule has 7 heteroatoms. The Balaban J connectivity index is 1.99. The van der Waals surface area contributed by atoms with Gasteiger partial charge in [-0.3, -0.25) is 4.79 Å². The van der Waals surface area contributed by atoms with E-state index >= 15 is 0 Å². The third-order valence-corrected chi connectivity index (χ3v) is 4.03. The van der Waals surface area contributed by atoms with E-state index in [1.165, 1.54) is 18.0 Å². The second kappa shape index (κ2) is 5.53. The van der Waals surface area contributed by atoms with Crippen LogP contribution in [0.5, 0.6) is 0 Å². The Labute approximate surface area is 111 Å². The zero-order chi connectivity index (χ0) is 13.1. The fourth-order valence-electron chi connectivity index (χ4n) is 2.20. The Hall–Kier alpha value is -1.34. The highest BCUT2D eigenvalue weighted by atomic mass is 32.1. The molecule has 1 aliphatic heterocycles. The van der Waals surface area contributed by atoms with Crippen LogP contribution in [-0.2, 0) is 0 Å². The Morgan fingerprint density at radius 1 is 1.67 bits per heavy atom. The molecule has 4 N–H and O–H groups in total. The molecule has 1 aromatic heterocycles. The fraction of sp³-hybridized carbons (Fsp3) is 0.636. The van der Waals surface area contributed by atoms with E-state index in [1.807, 2.05) is 0 Å². The van der Waals surface area contributed by atoms with Gasteiger partial charge in [0.05, 0.1) is 0 Å². The minimum Gasteiger partial charge on any atom is -0.382 e. The molecule has 0 aliphatic carbocycles. The van der Waals surface area contributed by atoms with Crippen molar-refractivity contribution in [3.63, 3.8) is 0 Å². The summed E-state index contributed by atoms with van der Waals surface area (Å²) in [5.74, 6) is 0.730. The van der Waals surface area contributed by atoms with Gasteiger partial charge in [-0.25, -0.2) is 0 Å². The van der Waals surface area contributed by atoms with E-state index in [4.69, 9.17) is 5.73 Å². The van der Waals surface area contributed by atoms with E-state index in [9.17, 15) is 4.79 Å². The highest BCUT2D eigenvalue weighted by Crippen LogP contribution is 2.27. The number of nitrogens with one attached hydrogen (secondary N) is 2. The first kappa shape index (κ1) is 13.1. The van der Waals surface area contributed by atoms with Gasteiger partial charge in [0, 0.05) is 20.1 Å². The molecule has 1 fully saturated rings. The monoisotopic (exact) mass is 269 g/mol. The number of anilines is 2. The van der Waals surface area contributed by atoms with Crippen LogP contribution in [0.1, 0.15) is 16.8 Å². The van der Waals surface area contributed by atoms with Crippen molar-refractivity contribution in [2.45, 2.75) is 6.42 Å². The maximum atomic E-state index is 11.7. The van der Waals surface area contributed by atoms with Gasteiger partial charge in [0.15, 0.2) is 5.82 Å². The summed E-state index contributed by atoms with van der Waals surface area (Å²) in [6, 6.07) is 0. The molecule has 1 unspecified atom stereocenters. The molecule has 1 aliphatic rings. The summed E-state index contributed by atoms with van der Waals surface area (Å²) >= 11 is 1.24. The highest BCUT2D eigenvalue weighted by molar-refractivity contribution is 7.11. The molecule has 0 bridgehead atoms. The minimum atomic E-state index is -0.188. The van der Waals surface area contributed by atoms with Crippen molar-refractivity contribution in [3.05, 3.63) is 5.56 Å². The van der Waals surface area contributed by atoms with Crippen molar-refractivity contribution in [3.8, 4) is 0 Å². The second-order valence-electron chi connectivity index (χ2n) is 4.65. The predicted molar refractivity (Wildman–Crippen MR) is 74.0 cm³/mol. The number of carbonyl (C=O) groups excluding carboxylic acids is 1. The lowest BCUT2D eigenvalue weighted by Gasteiger charge is -2.12. The molecule has 0 radical (unpaired) electrons. The lowest BCUT2D eigenvalue weighted by atomic mass is 10.1. The molecule has 0 spiro atoms. The number of hydrogen-bond donors (Lipinski definition) is 3. The second-order valence-corrected chi connectivity index (χ2v) is 5.42. The number of carbonyl (C=O) groups is 1. The zero-order valence-corrected chi connectivity index (χ0v) is 11.5. The quantitative estimate of drug-likeness (QED) is 0.739. The first-order chi connectivity index (χ1) is 8.61. The smallest absolute Gasteiger partial charge is 0.257 e. The van der Waals surface area contributed by atoms with Gasteiger partial charge in [-0.15, -0.1) is 0 Å². The van der Waals surface area contributed by atoms with Crippen molar-refractivity contribution in [1.82, 2.24) is 14.6 Å². The fourth-order valence-corrected chi connectivity index (χ4v) is 2.91. The summed E-state index contributed by atoms with van der Waals surface area (Å²) < 4.78 is 4.03. The van der Waals surface area contributed by atoms with Gasteiger partial charge >= 0.3 is 0 Å². The molecule has 1 atom stereocenters. The molecule has 2 rings (SSSR count). The van der Waals surface area contributed by atoms with Gasteiger partial charge < -0.3 is 21.3 Å². The van der Waals surface area contributed by atoms with Gasteiger partial charge in [0.25, 0.3) is 5.91 Å². The van der Waals surface area contributed by atoms with Crippen molar-refractivity contribution >= 4 is 28.3 Å². The molecule has 1 amide bonds. The lowest BCUT2D eigenvalue weighted by molar-refractivity contribution is 0.0965. The van der Waals surface area contributed by atoms with Crippen LogP contribution >= 0.6 is 11.5 Å². The topological polar surface area (TPSA) is 83.3 Å². The van der Waals surface area contributed by atoms with Crippen molar-refractivity contribution in [2.24, 2.45) is 5.92 Å². The van der Waals surface area contributed by atoms with Crippen LogP contribution in [-0.4, -0.2) is 48.9 Å². The molecule has 6 nitrogen and oxygen atoms in total. The number of rotatable bonds is 4. The average molecular weight is 269 g/mol. The van der Waals surface area contributed by atoms with Gasteiger partial charge in [-0.05, 0) is 37.5 Å². The molecular weight excluding hydrogens is 250 g/mol. The highest BCUT2D eigenvalue weighted by Gasteiger charge is 2.22. The number of nitrogen functional groups attached to an aromatic ring is 1. The number of aromatic nitrogens is 1. The van der Waals surface area contributed by atoms with Gasteiger partial charge in [0.2, 0.25) is 0 Å².